The minimum Gasteiger partial charge on any atom is -0.508 e. The van der Waals surface area contributed by atoms with Gasteiger partial charge in [0.15, 0.2) is 0 Å². The van der Waals surface area contributed by atoms with Crippen molar-refractivity contribution in [1.82, 2.24) is 0 Å². The summed E-state index contributed by atoms with van der Waals surface area (Å²) in [7, 11) is 0. The molecule has 2 N–H and O–H groups in total. The number of rotatable bonds is 2. The highest BCUT2D eigenvalue weighted by Gasteiger charge is 2.37. The fourth-order valence-corrected chi connectivity index (χ4v) is 4.35. The quantitative estimate of drug-likeness (QED) is 0.593. The molecule has 144 valence electrons. The number of aliphatic hydroxyl groups excluding tert-OH is 2. The van der Waals surface area contributed by atoms with Gasteiger partial charge in [-0.15, -0.1) is 0 Å². The topological polar surface area (TPSA) is 40.5 Å². The van der Waals surface area contributed by atoms with Crippen molar-refractivity contribution in [3.63, 3.8) is 0 Å². The van der Waals surface area contributed by atoms with Crippen LogP contribution in [0.25, 0.3) is 11.1 Å². The van der Waals surface area contributed by atoms with Gasteiger partial charge in [0, 0.05) is 11.1 Å². The lowest BCUT2D eigenvalue weighted by Crippen LogP contribution is -2.27. The number of benzene rings is 1. The molecule has 1 aromatic rings. The van der Waals surface area contributed by atoms with Crippen molar-refractivity contribution in [3.05, 3.63) is 70.7 Å². The van der Waals surface area contributed by atoms with Crippen LogP contribution in [-0.4, -0.2) is 10.2 Å². The van der Waals surface area contributed by atoms with Crippen molar-refractivity contribution < 1.29 is 10.2 Å². The van der Waals surface area contributed by atoms with E-state index < -0.39 is 0 Å². The van der Waals surface area contributed by atoms with E-state index in [-0.39, 0.29) is 10.8 Å². The third-order valence-corrected chi connectivity index (χ3v) is 6.82. The Kier molecular flexibility index (Phi) is 4.66. The van der Waals surface area contributed by atoms with Gasteiger partial charge in [-0.3, -0.25) is 0 Å². The molecular formula is C25H32O2. The zero-order chi connectivity index (χ0) is 20.1. The zero-order valence-corrected chi connectivity index (χ0v) is 17.6. The Hall–Kier alpha value is -2.22. The van der Waals surface area contributed by atoms with Gasteiger partial charge in [0.2, 0.25) is 0 Å². The molecule has 0 aliphatic heterocycles. The summed E-state index contributed by atoms with van der Waals surface area (Å²) in [6.07, 6.45) is 7.78. The van der Waals surface area contributed by atoms with Crippen LogP contribution in [0, 0.1) is 29.6 Å². The molecule has 2 aliphatic carbocycles. The zero-order valence-electron chi connectivity index (χ0n) is 17.6. The highest BCUT2D eigenvalue weighted by atomic mass is 16.3. The molecule has 0 saturated carbocycles. The van der Waals surface area contributed by atoms with Crippen LogP contribution in [0.4, 0.5) is 0 Å². The lowest BCUT2D eigenvalue weighted by Gasteiger charge is -2.38. The molecule has 3 rings (SSSR count). The van der Waals surface area contributed by atoms with Gasteiger partial charge in [-0.2, -0.15) is 0 Å². The van der Waals surface area contributed by atoms with Gasteiger partial charge in [0.25, 0.3) is 0 Å². The molecule has 0 saturated heterocycles. The van der Waals surface area contributed by atoms with Crippen LogP contribution >= 0.6 is 0 Å². The molecule has 0 amide bonds. The molecule has 2 atom stereocenters. The second-order valence-corrected chi connectivity index (χ2v) is 9.35. The average molecular weight is 365 g/mol. The maximum atomic E-state index is 10.7. The maximum absolute atomic E-state index is 10.7. The fourth-order valence-electron chi connectivity index (χ4n) is 4.35. The van der Waals surface area contributed by atoms with Crippen LogP contribution in [0.3, 0.4) is 0 Å². The summed E-state index contributed by atoms with van der Waals surface area (Å²) >= 11 is 0. The number of allylic oxidation sites excluding steroid dienone is 6. The van der Waals surface area contributed by atoms with Crippen LogP contribution in [0.1, 0.15) is 58.2 Å². The Morgan fingerprint density at radius 1 is 0.704 bits per heavy atom. The first-order valence-corrected chi connectivity index (χ1v) is 9.82. The molecule has 2 unspecified atom stereocenters. The minimum absolute atomic E-state index is 0.171. The highest BCUT2D eigenvalue weighted by molar-refractivity contribution is 5.81. The Labute approximate surface area is 163 Å². The number of aryl methyl sites for hydroxylation is 1. The molecule has 2 nitrogen and oxygen atoms in total. The van der Waals surface area contributed by atoms with Gasteiger partial charge >= 0.3 is 0 Å². The molecule has 0 aromatic heterocycles. The smallest absolute Gasteiger partial charge is 0.119 e. The first kappa shape index (κ1) is 19.5. The van der Waals surface area contributed by atoms with E-state index in [1.165, 1.54) is 0 Å². The molecule has 0 spiro atoms. The van der Waals surface area contributed by atoms with Crippen molar-refractivity contribution in [1.29, 1.82) is 0 Å². The van der Waals surface area contributed by atoms with Crippen molar-refractivity contribution in [3.8, 4) is 0 Å². The normalized spacial score (nSPS) is 26.6. The van der Waals surface area contributed by atoms with Crippen LogP contribution in [0.2, 0.25) is 0 Å². The summed E-state index contributed by atoms with van der Waals surface area (Å²) < 4.78 is 0. The van der Waals surface area contributed by atoms with Gasteiger partial charge in [-0.05, 0) is 64.5 Å². The Bertz CT molecular complexity index is 821. The van der Waals surface area contributed by atoms with Crippen molar-refractivity contribution in [2.24, 2.45) is 22.7 Å². The van der Waals surface area contributed by atoms with E-state index in [1.807, 2.05) is 12.2 Å². The van der Waals surface area contributed by atoms with Crippen LogP contribution < -0.4 is 0 Å². The highest BCUT2D eigenvalue weighted by Crippen LogP contribution is 2.49. The largest absolute Gasteiger partial charge is 0.508 e. The van der Waals surface area contributed by atoms with E-state index in [0.717, 1.165) is 27.8 Å². The minimum atomic E-state index is -0.171. The standard InChI is InChI=1S/C25H32O2/c1-15-12-18(22-20(26)10-8-16(2)24(22,4)5)14-19(13-15)23-21(27)11-9-17(3)25(23,6)7/h8-14,16-17,26-27H,1-7H3. The van der Waals surface area contributed by atoms with Crippen molar-refractivity contribution in [2.75, 3.05) is 0 Å². The number of hydrogen-bond donors (Lipinski definition) is 2. The molecule has 0 bridgehead atoms. The summed E-state index contributed by atoms with van der Waals surface area (Å²) in [5.41, 5.74) is 4.79. The molecule has 0 radical (unpaired) electrons. The monoisotopic (exact) mass is 364 g/mol. The van der Waals surface area contributed by atoms with E-state index in [9.17, 15) is 10.2 Å². The summed E-state index contributed by atoms with van der Waals surface area (Å²) in [5.74, 6) is 1.33. The predicted molar refractivity (Wildman–Crippen MR) is 114 cm³/mol. The van der Waals surface area contributed by atoms with Gasteiger partial charge in [-0.25, -0.2) is 0 Å². The Balaban J connectivity index is 2.23. The molecule has 1 aromatic carbocycles. The first-order chi connectivity index (χ1) is 12.5. The van der Waals surface area contributed by atoms with Crippen molar-refractivity contribution in [2.45, 2.75) is 48.5 Å². The molecule has 2 heteroatoms. The Morgan fingerprint density at radius 3 is 1.44 bits per heavy atom. The molecule has 0 fully saturated rings. The second-order valence-electron chi connectivity index (χ2n) is 9.35. The summed E-state index contributed by atoms with van der Waals surface area (Å²) in [6, 6.07) is 6.40. The van der Waals surface area contributed by atoms with Gasteiger partial charge in [-0.1, -0.05) is 65.8 Å². The second kappa shape index (κ2) is 6.44. The van der Waals surface area contributed by atoms with Gasteiger partial charge in [0.05, 0.1) is 0 Å². The van der Waals surface area contributed by atoms with E-state index >= 15 is 0 Å². The maximum Gasteiger partial charge on any atom is 0.119 e. The third kappa shape index (κ3) is 3.16. The van der Waals surface area contributed by atoms with E-state index in [4.69, 9.17) is 0 Å². The lowest BCUT2D eigenvalue weighted by molar-refractivity contribution is 0.346. The predicted octanol–water partition coefficient (Wildman–Crippen LogP) is 7.00. The Morgan fingerprint density at radius 2 is 1.07 bits per heavy atom. The van der Waals surface area contributed by atoms with Crippen LogP contribution in [0.5, 0.6) is 0 Å². The summed E-state index contributed by atoms with van der Waals surface area (Å²) in [6.45, 7) is 15.2. The van der Waals surface area contributed by atoms with Crippen molar-refractivity contribution >= 4 is 11.1 Å². The fraction of sp³-hybridized carbons (Fsp3) is 0.440. The van der Waals surface area contributed by atoms with E-state index in [1.54, 1.807) is 0 Å². The SMILES string of the molecule is Cc1cc(C2=C(O)C=CC(C)C2(C)C)cc(C2=C(O)C=CC(C)C2(C)C)c1. The summed E-state index contributed by atoms with van der Waals surface area (Å²) in [5, 5.41) is 21.4. The third-order valence-electron chi connectivity index (χ3n) is 6.82. The average Bonchev–Trinajstić information content (AvgIpc) is 2.54. The first-order valence-electron chi connectivity index (χ1n) is 9.82. The molecule has 0 heterocycles. The molecule has 2 aliphatic rings. The van der Waals surface area contributed by atoms with E-state index in [2.05, 4.69) is 78.8 Å². The number of aliphatic hydroxyl groups is 2. The van der Waals surface area contributed by atoms with E-state index in [0.29, 0.717) is 23.4 Å². The van der Waals surface area contributed by atoms with Crippen LogP contribution in [-0.2, 0) is 0 Å². The van der Waals surface area contributed by atoms with Gasteiger partial charge in [0.1, 0.15) is 11.5 Å². The van der Waals surface area contributed by atoms with Crippen LogP contribution in [0.15, 0.2) is 54.0 Å². The summed E-state index contributed by atoms with van der Waals surface area (Å²) in [4.78, 5) is 0. The molecule has 27 heavy (non-hydrogen) atoms. The number of hydrogen-bond acceptors (Lipinski definition) is 2. The molecular weight excluding hydrogens is 332 g/mol. The lowest BCUT2D eigenvalue weighted by atomic mass is 9.66. The van der Waals surface area contributed by atoms with Gasteiger partial charge < -0.3 is 10.2 Å².